The van der Waals surface area contributed by atoms with E-state index in [1.165, 1.54) is 12.4 Å². The van der Waals surface area contributed by atoms with Gasteiger partial charge in [-0.15, -0.1) is 0 Å². The van der Waals surface area contributed by atoms with Crippen molar-refractivity contribution in [3.63, 3.8) is 0 Å². The molecule has 0 radical (unpaired) electrons. The Hall–Kier alpha value is -1.32. The third kappa shape index (κ3) is 2.41. The monoisotopic (exact) mass is 157 g/mol. The van der Waals surface area contributed by atoms with Crippen molar-refractivity contribution in [2.45, 2.75) is 0 Å². The van der Waals surface area contributed by atoms with E-state index in [4.69, 9.17) is 4.74 Å². The molecule has 0 fully saturated rings. The molecule has 0 bridgehead atoms. The van der Waals surface area contributed by atoms with Crippen LogP contribution in [0.1, 0.15) is 0 Å². The van der Waals surface area contributed by atoms with Gasteiger partial charge in [-0.1, -0.05) is 0 Å². The highest BCUT2D eigenvalue weighted by atomic mass is 19.1. The Morgan fingerprint density at radius 1 is 1.64 bits per heavy atom. The van der Waals surface area contributed by atoms with E-state index in [0.29, 0.717) is 10.5 Å². The molecular weight excluding hydrogens is 149 g/mol. The average molecular weight is 157 g/mol. The van der Waals surface area contributed by atoms with Gasteiger partial charge in [0.1, 0.15) is 13.3 Å². The second-order valence-corrected chi connectivity index (χ2v) is 1.94. The SMILES string of the molecule is [O-][n+]1cccc(OCCF)c1. The van der Waals surface area contributed by atoms with Crippen molar-refractivity contribution in [3.8, 4) is 5.75 Å². The molecule has 0 aliphatic carbocycles. The van der Waals surface area contributed by atoms with Crippen LogP contribution in [0, 0.1) is 5.21 Å². The average Bonchev–Trinajstić information content (AvgIpc) is 2.01. The topological polar surface area (TPSA) is 36.2 Å². The van der Waals surface area contributed by atoms with Crippen LogP contribution in [-0.4, -0.2) is 13.3 Å². The molecule has 1 aromatic rings. The van der Waals surface area contributed by atoms with Gasteiger partial charge in [0.2, 0.25) is 6.20 Å². The van der Waals surface area contributed by atoms with Crippen LogP contribution in [0.4, 0.5) is 4.39 Å². The van der Waals surface area contributed by atoms with Gasteiger partial charge in [-0.2, -0.15) is 4.73 Å². The number of rotatable bonds is 3. The summed E-state index contributed by atoms with van der Waals surface area (Å²) in [7, 11) is 0. The summed E-state index contributed by atoms with van der Waals surface area (Å²) in [5.41, 5.74) is 0. The van der Waals surface area contributed by atoms with Crippen LogP contribution in [-0.2, 0) is 0 Å². The van der Waals surface area contributed by atoms with Crippen LogP contribution in [0.2, 0.25) is 0 Å². The van der Waals surface area contributed by atoms with Gasteiger partial charge in [-0.05, 0) is 6.07 Å². The fraction of sp³-hybridized carbons (Fsp3) is 0.286. The number of ether oxygens (including phenoxy) is 1. The Morgan fingerprint density at radius 2 is 2.45 bits per heavy atom. The molecule has 0 spiro atoms. The third-order valence-corrected chi connectivity index (χ3v) is 1.09. The highest BCUT2D eigenvalue weighted by Crippen LogP contribution is 2.04. The van der Waals surface area contributed by atoms with Crippen molar-refractivity contribution in [1.82, 2.24) is 0 Å². The molecule has 0 atom stereocenters. The van der Waals surface area contributed by atoms with E-state index < -0.39 is 6.67 Å². The summed E-state index contributed by atoms with van der Waals surface area (Å²) in [6.45, 7) is -0.558. The number of pyridine rings is 1. The highest BCUT2D eigenvalue weighted by molar-refractivity contribution is 5.12. The first kappa shape index (κ1) is 7.78. The molecule has 1 heterocycles. The second kappa shape index (κ2) is 3.75. The van der Waals surface area contributed by atoms with E-state index >= 15 is 0 Å². The van der Waals surface area contributed by atoms with E-state index in [1.54, 1.807) is 12.1 Å². The van der Waals surface area contributed by atoms with Crippen LogP contribution in [0.5, 0.6) is 5.75 Å². The number of hydrogen-bond donors (Lipinski definition) is 0. The van der Waals surface area contributed by atoms with Gasteiger partial charge in [0.15, 0.2) is 11.9 Å². The maximum absolute atomic E-state index is 11.6. The molecule has 0 N–H and O–H groups in total. The standard InChI is InChI=1S/C7H8FNO2/c8-3-5-11-7-2-1-4-9(10)6-7/h1-2,4,6H,3,5H2. The second-order valence-electron chi connectivity index (χ2n) is 1.94. The number of halogens is 1. The van der Waals surface area contributed by atoms with Crippen molar-refractivity contribution in [1.29, 1.82) is 0 Å². The molecule has 60 valence electrons. The fourth-order valence-corrected chi connectivity index (χ4v) is 0.676. The van der Waals surface area contributed by atoms with Crippen LogP contribution in [0.25, 0.3) is 0 Å². The lowest BCUT2D eigenvalue weighted by atomic mass is 10.5. The summed E-state index contributed by atoms with van der Waals surface area (Å²) < 4.78 is 17.0. The van der Waals surface area contributed by atoms with Gasteiger partial charge in [-0.3, -0.25) is 0 Å². The molecule has 0 unspecified atom stereocenters. The van der Waals surface area contributed by atoms with Gasteiger partial charge < -0.3 is 9.94 Å². The fourth-order valence-electron chi connectivity index (χ4n) is 0.676. The molecule has 0 aromatic carbocycles. The van der Waals surface area contributed by atoms with Gasteiger partial charge >= 0.3 is 0 Å². The molecule has 0 amide bonds. The maximum Gasteiger partial charge on any atom is 0.222 e. The third-order valence-electron chi connectivity index (χ3n) is 1.09. The van der Waals surface area contributed by atoms with Crippen molar-refractivity contribution in [2.75, 3.05) is 13.3 Å². The van der Waals surface area contributed by atoms with Crippen molar-refractivity contribution < 1.29 is 13.9 Å². The number of aromatic nitrogens is 1. The summed E-state index contributed by atoms with van der Waals surface area (Å²) >= 11 is 0. The smallest absolute Gasteiger partial charge is 0.222 e. The predicted molar refractivity (Wildman–Crippen MR) is 36.9 cm³/mol. The molecule has 0 aliphatic rings. The summed E-state index contributed by atoms with van der Waals surface area (Å²) in [6, 6.07) is 3.14. The lowest BCUT2D eigenvalue weighted by molar-refractivity contribution is -0.605. The van der Waals surface area contributed by atoms with Gasteiger partial charge in [0.25, 0.3) is 0 Å². The minimum absolute atomic E-state index is 0.00991. The summed E-state index contributed by atoms with van der Waals surface area (Å²) in [6.07, 6.45) is 2.58. The van der Waals surface area contributed by atoms with Gasteiger partial charge in [0, 0.05) is 6.07 Å². The molecule has 1 rings (SSSR count). The van der Waals surface area contributed by atoms with Gasteiger partial charge in [0.05, 0.1) is 0 Å². The normalized spacial score (nSPS) is 9.55. The highest BCUT2D eigenvalue weighted by Gasteiger charge is 1.95. The number of nitrogens with zero attached hydrogens (tertiary/aromatic N) is 1. The van der Waals surface area contributed by atoms with E-state index in [1.807, 2.05) is 0 Å². The summed E-state index contributed by atoms with van der Waals surface area (Å²) in [5, 5.41) is 10.6. The molecule has 11 heavy (non-hydrogen) atoms. The molecule has 0 saturated heterocycles. The molecule has 0 saturated carbocycles. The first-order chi connectivity index (χ1) is 5.33. The zero-order valence-corrected chi connectivity index (χ0v) is 5.87. The summed E-state index contributed by atoms with van der Waals surface area (Å²) in [5.74, 6) is 0.389. The molecular formula is C7H8FNO2. The molecule has 1 aromatic heterocycles. The largest absolute Gasteiger partial charge is 0.619 e. The Bertz CT molecular complexity index is 229. The van der Waals surface area contributed by atoms with E-state index in [2.05, 4.69) is 0 Å². The quantitative estimate of drug-likeness (QED) is 0.477. The Morgan fingerprint density at radius 3 is 3.09 bits per heavy atom. The number of alkyl halides is 1. The Kier molecular flexibility index (Phi) is 2.66. The summed E-state index contributed by atoms with van der Waals surface area (Å²) in [4.78, 5) is 0. The first-order valence-corrected chi connectivity index (χ1v) is 3.20. The van der Waals surface area contributed by atoms with E-state index in [0.717, 1.165) is 0 Å². The molecule has 0 aliphatic heterocycles. The van der Waals surface area contributed by atoms with Crippen molar-refractivity contribution in [2.24, 2.45) is 0 Å². The first-order valence-electron chi connectivity index (χ1n) is 3.20. The Labute approximate surface area is 63.6 Å². The lowest BCUT2D eigenvalue weighted by Gasteiger charge is -2.01. The van der Waals surface area contributed by atoms with Crippen molar-refractivity contribution in [3.05, 3.63) is 29.7 Å². The van der Waals surface area contributed by atoms with Gasteiger partial charge in [-0.25, -0.2) is 4.39 Å². The molecule has 3 nitrogen and oxygen atoms in total. The number of hydrogen-bond acceptors (Lipinski definition) is 2. The lowest BCUT2D eigenvalue weighted by Crippen LogP contribution is -2.24. The van der Waals surface area contributed by atoms with Crippen LogP contribution >= 0.6 is 0 Å². The van der Waals surface area contributed by atoms with Crippen molar-refractivity contribution >= 4 is 0 Å². The Balaban J connectivity index is 2.56. The maximum atomic E-state index is 11.6. The van der Waals surface area contributed by atoms with Crippen LogP contribution in [0.15, 0.2) is 24.5 Å². The van der Waals surface area contributed by atoms with E-state index in [9.17, 15) is 9.60 Å². The minimum atomic E-state index is -0.548. The molecule has 4 heteroatoms. The predicted octanol–water partition coefficient (Wildman–Crippen LogP) is 0.668. The van der Waals surface area contributed by atoms with Crippen LogP contribution < -0.4 is 9.47 Å². The van der Waals surface area contributed by atoms with Crippen LogP contribution in [0.3, 0.4) is 0 Å². The zero-order valence-electron chi connectivity index (χ0n) is 5.87. The van der Waals surface area contributed by atoms with E-state index in [-0.39, 0.29) is 6.61 Å². The zero-order chi connectivity index (χ0) is 8.10. The minimum Gasteiger partial charge on any atom is -0.619 e.